The van der Waals surface area contributed by atoms with E-state index in [1.807, 2.05) is 20.8 Å². The van der Waals surface area contributed by atoms with Crippen LogP contribution in [0, 0.1) is 17.3 Å². The van der Waals surface area contributed by atoms with Crippen LogP contribution in [-0.2, 0) is 9.53 Å². The molecule has 1 amide bonds. The molecule has 2 atom stereocenters. The van der Waals surface area contributed by atoms with E-state index in [1.165, 1.54) is 0 Å². The van der Waals surface area contributed by atoms with Gasteiger partial charge in [0, 0.05) is 13.1 Å². The van der Waals surface area contributed by atoms with E-state index in [9.17, 15) is 14.7 Å². The summed E-state index contributed by atoms with van der Waals surface area (Å²) < 4.78 is 5.41. The molecule has 0 aromatic heterocycles. The van der Waals surface area contributed by atoms with E-state index < -0.39 is 17.0 Å². The molecule has 0 aromatic rings. The van der Waals surface area contributed by atoms with Gasteiger partial charge in [-0.15, -0.1) is 0 Å². The Morgan fingerprint density at radius 2 is 1.95 bits per heavy atom. The SMILES string of the molecule is CC1CN(C(=O)OC(C)(C)C)CCC1CC1(C(=O)O)CC1. The molecule has 2 fully saturated rings. The van der Waals surface area contributed by atoms with Gasteiger partial charge in [-0.3, -0.25) is 4.79 Å². The fraction of sp³-hybridized carbons (Fsp3) is 0.875. The van der Waals surface area contributed by atoms with E-state index in [2.05, 4.69) is 6.92 Å². The van der Waals surface area contributed by atoms with E-state index in [0.29, 0.717) is 24.9 Å². The van der Waals surface area contributed by atoms with Crippen LogP contribution >= 0.6 is 0 Å². The zero-order valence-electron chi connectivity index (χ0n) is 13.5. The molecule has 1 N–H and O–H groups in total. The molecule has 5 nitrogen and oxygen atoms in total. The summed E-state index contributed by atoms with van der Waals surface area (Å²) in [6.07, 6.45) is 2.98. The number of rotatable bonds is 3. The lowest BCUT2D eigenvalue weighted by Crippen LogP contribution is -2.45. The summed E-state index contributed by atoms with van der Waals surface area (Å²) in [6, 6.07) is 0. The summed E-state index contributed by atoms with van der Waals surface area (Å²) >= 11 is 0. The van der Waals surface area contributed by atoms with Gasteiger partial charge in [0.15, 0.2) is 0 Å². The van der Waals surface area contributed by atoms with Crippen molar-refractivity contribution in [3.05, 3.63) is 0 Å². The number of carbonyl (C=O) groups excluding carboxylic acids is 1. The number of amides is 1. The van der Waals surface area contributed by atoms with Crippen LogP contribution in [0.15, 0.2) is 0 Å². The number of carboxylic acid groups (broad SMARTS) is 1. The maximum Gasteiger partial charge on any atom is 0.410 e. The fourth-order valence-electron chi connectivity index (χ4n) is 3.15. The summed E-state index contributed by atoms with van der Waals surface area (Å²) in [5.41, 5.74) is -0.939. The number of ether oxygens (including phenoxy) is 1. The maximum absolute atomic E-state index is 12.1. The Kier molecular flexibility index (Phi) is 4.22. The molecule has 5 heteroatoms. The van der Waals surface area contributed by atoms with Crippen molar-refractivity contribution in [2.45, 2.75) is 59.0 Å². The van der Waals surface area contributed by atoms with E-state index in [4.69, 9.17) is 4.74 Å². The fourth-order valence-corrected chi connectivity index (χ4v) is 3.15. The molecule has 2 unspecified atom stereocenters. The Morgan fingerprint density at radius 3 is 2.38 bits per heavy atom. The third-order valence-electron chi connectivity index (χ3n) is 4.69. The molecular weight excluding hydrogens is 270 g/mol. The quantitative estimate of drug-likeness (QED) is 0.869. The molecule has 2 rings (SSSR count). The van der Waals surface area contributed by atoms with Gasteiger partial charge in [0.25, 0.3) is 0 Å². The van der Waals surface area contributed by atoms with Crippen molar-refractivity contribution in [1.29, 1.82) is 0 Å². The second kappa shape index (κ2) is 5.50. The molecule has 120 valence electrons. The Hall–Kier alpha value is -1.26. The molecule has 1 heterocycles. The minimum Gasteiger partial charge on any atom is -0.481 e. The van der Waals surface area contributed by atoms with Crippen LogP contribution < -0.4 is 0 Å². The number of aliphatic carboxylic acids is 1. The van der Waals surface area contributed by atoms with E-state index >= 15 is 0 Å². The lowest BCUT2D eigenvalue weighted by atomic mass is 9.79. The molecular formula is C16H27NO4. The van der Waals surface area contributed by atoms with Gasteiger partial charge in [0.2, 0.25) is 0 Å². The number of hydrogen-bond donors (Lipinski definition) is 1. The summed E-state index contributed by atoms with van der Waals surface area (Å²) in [6.45, 7) is 9.04. The Morgan fingerprint density at radius 1 is 1.33 bits per heavy atom. The number of carboxylic acids is 1. The first-order chi connectivity index (χ1) is 9.63. The third kappa shape index (κ3) is 3.89. The third-order valence-corrected chi connectivity index (χ3v) is 4.69. The maximum atomic E-state index is 12.1. The monoisotopic (exact) mass is 297 g/mol. The van der Waals surface area contributed by atoms with Gasteiger partial charge in [-0.2, -0.15) is 0 Å². The van der Waals surface area contributed by atoms with Crippen LogP contribution in [0.5, 0.6) is 0 Å². The average Bonchev–Trinajstić information content (AvgIpc) is 3.10. The molecule has 0 aromatic carbocycles. The zero-order chi connectivity index (χ0) is 15.8. The molecule has 1 saturated carbocycles. The summed E-state index contributed by atoms with van der Waals surface area (Å²) in [4.78, 5) is 25.1. The number of hydrogen-bond acceptors (Lipinski definition) is 3. The van der Waals surface area contributed by atoms with Crippen molar-refractivity contribution in [3.8, 4) is 0 Å². The minimum atomic E-state index is -0.649. The first-order valence-corrected chi connectivity index (χ1v) is 7.84. The predicted octanol–water partition coefficient (Wildman–Crippen LogP) is 3.13. The summed E-state index contributed by atoms with van der Waals surface area (Å²) in [5.74, 6) is 0.0645. The number of piperidine rings is 1. The van der Waals surface area contributed by atoms with Crippen LogP contribution in [0.1, 0.15) is 53.4 Å². The van der Waals surface area contributed by atoms with Crippen molar-refractivity contribution >= 4 is 12.1 Å². The first kappa shape index (κ1) is 16.1. The van der Waals surface area contributed by atoms with E-state index in [-0.39, 0.29) is 6.09 Å². The van der Waals surface area contributed by atoms with E-state index in [1.54, 1.807) is 4.90 Å². The molecule has 0 radical (unpaired) electrons. The van der Waals surface area contributed by atoms with Gasteiger partial charge in [-0.05, 0) is 58.3 Å². The molecule has 2 aliphatic rings. The van der Waals surface area contributed by atoms with Crippen LogP contribution in [-0.4, -0.2) is 40.8 Å². The smallest absolute Gasteiger partial charge is 0.410 e. The van der Waals surface area contributed by atoms with Gasteiger partial charge in [-0.25, -0.2) is 4.79 Å². The van der Waals surface area contributed by atoms with Gasteiger partial charge >= 0.3 is 12.1 Å². The number of nitrogens with zero attached hydrogens (tertiary/aromatic N) is 1. The zero-order valence-corrected chi connectivity index (χ0v) is 13.5. The van der Waals surface area contributed by atoms with Crippen molar-refractivity contribution in [2.24, 2.45) is 17.3 Å². The molecule has 21 heavy (non-hydrogen) atoms. The highest BCUT2D eigenvalue weighted by molar-refractivity contribution is 5.77. The topological polar surface area (TPSA) is 66.8 Å². The van der Waals surface area contributed by atoms with Crippen molar-refractivity contribution in [1.82, 2.24) is 4.90 Å². The van der Waals surface area contributed by atoms with Gasteiger partial charge in [0.1, 0.15) is 5.60 Å². The van der Waals surface area contributed by atoms with Crippen molar-refractivity contribution < 1.29 is 19.4 Å². The Labute approximate surface area is 126 Å². The number of carbonyl (C=O) groups is 2. The van der Waals surface area contributed by atoms with Crippen molar-refractivity contribution in [3.63, 3.8) is 0 Å². The average molecular weight is 297 g/mol. The minimum absolute atomic E-state index is 0.257. The molecule has 1 aliphatic carbocycles. The molecule has 0 bridgehead atoms. The molecule has 0 spiro atoms. The van der Waals surface area contributed by atoms with Crippen molar-refractivity contribution in [2.75, 3.05) is 13.1 Å². The van der Waals surface area contributed by atoms with Gasteiger partial charge in [0.05, 0.1) is 5.41 Å². The second-order valence-electron chi connectivity index (χ2n) is 7.74. The highest BCUT2D eigenvalue weighted by Crippen LogP contribution is 2.52. The van der Waals surface area contributed by atoms with Crippen LogP contribution in [0.25, 0.3) is 0 Å². The van der Waals surface area contributed by atoms with E-state index in [0.717, 1.165) is 25.7 Å². The lowest BCUT2D eigenvalue weighted by molar-refractivity contribution is -0.144. The lowest BCUT2D eigenvalue weighted by Gasteiger charge is -2.38. The largest absolute Gasteiger partial charge is 0.481 e. The summed E-state index contributed by atoms with van der Waals surface area (Å²) in [5, 5.41) is 9.30. The summed E-state index contributed by atoms with van der Waals surface area (Å²) in [7, 11) is 0. The van der Waals surface area contributed by atoms with Crippen LogP contribution in [0.2, 0.25) is 0 Å². The Bertz CT molecular complexity index is 422. The first-order valence-electron chi connectivity index (χ1n) is 7.84. The van der Waals surface area contributed by atoms with Gasteiger partial charge in [-0.1, -0.05) is 6.92 Å². The molecule has 1 aliphatic heterocycles. The Balaban J connectivity index is 1.88. The standard InChI is InChI=1S/C16H27NO4/c1-11-10-17(14(20)21-15(2,3)4)8-5-12(11)9-16(6-7-16)13(18)19/h11-12H,5-10H2,1-4H3,(H,18,19). The van der Waals surface area contributed by atoms with Crippen LogP contribution in [0.3, 0.4) is 0 Å². The van der Waals surface area contributed by atoms with Crippen LogP contribution in [0.4, 0.5) is 4.79 Å². The predicted molar refractivity (Wildman–Crippen MR) is 79.0 cm³/mol. The number of likely N-dealkylation sites (tertiary alicyclic amines) is 1. The second-order valence-corrected chi connectivity index (χ2v) is 7.74. The highest BCUT2D eigenvalue weighted by Gasteiger charge is 2.52. The normalized spacial score (nSPS) is 28.1. The molecule has 1 saturated heterocycles. The van der Waals surface area contributed by atoms with Gasteiger partial charge < -0.3 is 14.7 Å². The highest BCUT2D eigenvalue weighted by atomic mass is 16.6.